The standard InChI is InChI=1S/C14H19N5O2S/c1-18-14(5-6-17-18)13-9-15-12(8-16-13)11-4-3-7-19(10-11)22(2,20)21/h5-6,8-9,11H,3-4,7,10H2,1-2H3. The second-order valence-electron chi connectivity index (χ2n) is 5.63. The number of aromatic nitrogens is 4. The molecule has 118 valence electrons. The summed E-state index contributed by atoms with van der Waals surface area (Å²) >= 11 is 0. The van der Waals surface area contributed by atoms with Gasteiger partial charge in [0.15, 0.2) is 0 Å². The lowest BCUT2D eigenvalue weighted by molar-refractivity contribution is 0.314. The first kappa shape index (κ1) is 15.1. The third-order valence-corrected chi connectivity index (χ3v) is 5.30. The highest BCUT2D eigenvalue weighted by Gasteiger charge is 2.27. The van der Waals surface area contributed by atoms with Crippen molar-refractivity contribution < 1.29 is 8.42 Å². The van der Waals surface area contributed by atoms with Gasteiger partial charge in [-0.15, -0.1) is 0 Å². The molecule has 7 nitrogen and oxygen atoms in total. The Morgan fingerprint density at radius 1 is 1.27 bits per heavy atom. The monoisotopic (exact) mass is 321 g/mol. The van der Waals surface area contributed by atoms with Gasteiger partial charge in [-0.3, -0.25) is 14.6 Å². The summed E-state index contributed by atoms with van der Waals surface area (Å²) in [6.45, 7) is 1.08. The van der Waals surface area contributed by atoms with Crippen molar-refractivity contribution in [2.24, 2.45) is 7.05 Å². The van der Waals surface area contributed by atoms with Crippen LogP contribution in [0.1, 0.15) is 24.5 Å². The minimum atomic E-state index is -3.14. The Hall–Kier alpha value is -1.80. The van der Waals surface area contributed by atoms with Crippen LogP contribution < -0.4 is 0 Å². The van der Waals surface area contributed by atoms with Crippen molar-refractivity contribution in [3.63, 3.8) is 0 Å². The lowest BCUT2D eigenvalue weighted by Crippen LogP contribution is -2.38. The molecule has 0 amide bonds. The molecule has 1 aliphatic rings. The first-order valence-electron chi connectivity index (χ1n) is 7.20. The van der Waals surface area contributed by atoms with Gasteiger partial charge in [0.05, 0.1) is 23.8 Å². The van der Waals surface area contributed by atoms with E-state index >= 15 is 0 Å². The summed E-state index contributed by atoms with van der Waals surface area (Å²) in [5.74, 6) is 0.108. The molecule has 1 aliphatic heterocycles. The highest BCUT2D eigenvalue weighted by atomic mass is 32.2. The van der Waals surface area contributed by atoms with E-state index in [1.165, 1.54) is 10.6 Å². The Balaban J connectivity index is 1.80. The van der Waals surface area contributed by atoms with Gasteiger partial charge in [0.2, 0.25) is 10.0 Å². The maximum Gasteiger partial charge on any atom is 0.211 e. The molecule has 3 rings (SSSR count). The summed E-state index contributed by atoms with van der Waals surface area (Å²) in [6.07, 6.45) is 8.24. The average Bonchev–Trinajstić information content (AvgIpc) is 2.93. The topological polar surface area (TPSA) is 81.0 Å². The molecular weight excluding hydrogens is 302 g/mol. The molecule has 1 unspecified atom stereocenters. The van der Waals surface area contributed by atoms with Crippen LogP contribution in [0.25, 0.3) is 11.4 Å². The van der Waals surface area contributed by atoms with E-state index in [1.54, 1.807) is 23.3 Å². The van der Waals surface area contributed by atoms with E-state index in [0.717, 1.165) is 29.9 Å². The molecule has 0 aliphatic carbocycles. The predicted octanol–water partition coefficient (Wildman–Crippen LogP) is 1.02. The molecule has 1 saturated heterocycles. The van der Waals surface area contributed by atoms with Gasteiger partial charge in [-0.25, -0.2) is 12.7 Å². The Bertz CT molecular complexity index is 754. The molecule has 1 atom stereocenters. The maximum atomic E-state index is 11.7. The van der Waals surface area contributed by atoms with E-state index in [4.69, 9.17) is 0 Å². The van der Waals surface area contributed by atoms with Gasteiger partial charge in [0.1, 0.15) is 5.69 Å². The van der Waals surface area contributed by atoms with Crippen molar-refractivity contribution in [2.45, 2.75) is 18.8 Å². The minimum absolute atomic E-state index is 0.108. The van der Waals surface area contributed by atoms with E-state index in [1.807, 2.05) is 13.1 Å². The number of piperidine rings is 1. The van der Waals surface area contributed by atoms with Crippen LogP contribution in [0, 0.1) is 0 Å². The lowest BCUT2D eigenvalue weighted by Gasteiger charge is -2.30. The van der Waals surface area contributed by atoms with Gasteiger partial charge in [0.25, 0.3) is 0 Å². The summed E-state index contributed by atoms with van der Waals surface area (Å²) in [6, 6.07) is 1.88. The van der Waals surface area contributed by atoms with E-state index in [2.05, 4.69) is 15.1 Å². The average molecular weight is 321 g/mol. The molecule has 0 bridgehead atoms. The number of nitrogens with zero attached hydrogens (tertiary/aromatic N) is 5. The van der Waals surface area contributed by atoms with Crippen molar-refractivity contribution in [2.75, 3.05) is 19.3 Å². The zero-order valence-corrected chi connectivity index (χ0v) is 13.5. The first-order valence-corrected chi connectivity index (χ1v) is 9.05. The van der Waals surface area contributed by atoms with E-state index in [9.17, 15) is 8.42 Å². The summed E-state index contributed by atoms with van der Waals surface area (Å²) in [5.41, 5.74) is 2.51. The first-order chi connectivity index (χ1) is 10.4. The molecule has 1 fully saturated rings. The quantitative estimate of drug-likeness (QED) is 0.843. The van der Waals surface area contributed by atoms with Crippen LogP contribution in [0.2, 0.25) is 0 Å². The highest BCUT2D eigenvalue weighted by Crippen LogP contribution is 2.27. The molecule has 2 aromatic rings. The SMILES string of the molecule is Cn1nccc1-c1cnc(C2CCCN(S(C)(=O)=O)C2)cn1. The molecule has 0 radical (unpaired) electrons. The van der Waals surface area contributed by atoms with Gasteiger partial charge in [0, 0.05) is 38.4 Å². The fourth-order valence-corrected chi connectivity index (χ4v) is 3.70. The molecule has 0 aromatic carbocycles. The fourth-order valence-electron chi connectivity index (χ4n) is 2.79. The van der Waals surface area contributed by atoms with Crippen LogP contribution in [-0.4, -0.2) is 51.8 Å². The van der Waals surface area contributed by atoms with Crippen molar-refractivity contribution in [1.29, 1.82) is 0 Å². The third-order valence-electron chi connectivity index (χ3n) is 4.03. The molecule has 2 aromatic heterocycles. The van der Waals surface area contributed by atoms with Crippen molar-refractivity contribution in [1.82, 2.24) is 24.1 Å². The van der Waals surface area contributed by atoms with Gasteiger partial charge >= 0.3 is 0 Å². The van der Waals surface area contributed by atoms with E-state index in [-0.39, 0.29) is 5.92 Å². The third kappa shape index (κ3) is 3.02. The molecule has 22 heavy (non-hydrogen) atoms. The Morgan fingerprint density at radius 2 is 2.09 bits per heavy atom. The minimum Gasteiger partial charge on any atom is -0.266 e. The number of hydrogen-bond acceptors (Lipinski definition) is 5. The second kappa shape index (κ2) is 5.77. The molecule has 3 heterocycles. The Morgan fingerprint density at radius 3 is 2.68 bits per heavy atom. The van der Waals surface area contributed by atoms with E-state index < -0.39 is 10.0 Å². The van der Waals surface area contributed by atoms with Crippen molar-refractivity contribution in [3.8, 4) is 11.4 Å². The van der Waals surface area contributed by atoms with Crippen LogP contribution in [0.3, 0.4) is 0 Å². The molecular formula is C14H19N5O2S. The molecule has 0 spiro atoms. The maximum absolute atomic E-state index is 11.7. The van der Waals surface area contributed by atoms with Gasteiger partial charge in [-0.1, -0.05) is 0 Å². The number of hydrogen-bond donors (Lipinski definition) is 0. The molecule has 0 N–H and O–H groups in total. The summed E-state index contributed by atoms with van der Waals surface area (Å²) in [5, 5.41) is 4.12. The van der Waals surface area contributed by atoms with Crippen LogP contribution in [-0.2, 0) is 17.1 Å². The van der Waals surface area contributed by atoms with Crippen LogP contribution in [0.15, 0.2) is 24.7 Å². The summed E-state index contributed by atoms with van der Waals surface area (Å²) in [4.78, 5) is 8.94. The zero-order valence-electron chi connectivity index (χ0n) is 12.7. The summed E-state index contributed by atoms with van der Waals surface area (Å²) < 4.78 is 26.7. The van der Waals surface area contributed by atoms with Gasteiger partial charge in [-0.05, 0) is 18.9 Å². The smallest absolute Gasteiger partial charge is 0.211 e. The number of aryl methyl sites for hydroxylation is 1. The van der Waals surface area contributed by atoms with E-state index in [0.29, 0.717) is 13.1 Å². The lowest BCUT2D eigenvalue weighted by atomic mass is 9.96. The van der Waals surface area contributed by atoms with Crippen molar-refractivity contribution >= 4 is 10.0 Å². The molecule has 0 saturated carbocycles. The Kier molecular flexibility index (Phi) is 3.96. The summed E-state index contributed by atoms with van der Waals surface area (Å²) in [7, 11) is -1.29. The van der Waals surface area contributed by atoms with Crippen LogP contribution in [0.5, 0.6) is 0 Å². The predicted molar refractivity (Wildman–Crippen MR) is 82.6 cm³/mol. The zero-order chi connectivity index (χ0) is 15.7. The normalized spacial score (nSPS) is 20.2. The highest BCUT2D eigenvalue weighted by molar-refractivity contribution is 7.88. The van der Waals surface area contributed by atoms with Crippen LogP contribution >= 0.6 is 0 Å². The largest absolute Gasteiger partial charge is 0.266 e. The fraction of sp³-hybridized carbons (Fsp3) is 0.500. The van der Waals surface area contributed by atoms with Crippen LogP contribution in [0.4, 0.5) is 0 Å². The van der Waals surface area contributed by atoms with Gasteiger partial charge in [-0.2, -0.15) is 5.10 Å². The number of sulfonamides is 1. The number of rotatable bonds is 3. The molecule has 8 heteroatoms. The van der Waals surface area contributed by atoms with Crippen molar-refractivity contribution in [3.05, 3.63) is 30.4 Å². The Labute approximate surface area is 130 Å². The van der Waals surface area contributed by atoms with Gasteiger partial charge < -0.3 is 0 Å². The second-order valence-corrected chi connectivity index (χ2v) is 7.61.